The van der Waals surface area contributed by atoms with Gasteiger partial charge in [0, 0.05) is 12.5 Å². The fourth-order valence-corrected chi connectivity index (χ4v) is 2.81. The van der Waals surface area contributed by atoms with Gasteiger partial charge in [0.25, 0.3) is 0 Å². The number of aliphatic hydroxyl groups excluding tert-OH is 1. The smallest absolute Gasteiger partial charge is 0.0624 e. The molecule has 0 heterocycles. The molecule has 0 aliphatic heterocycles. The summed E-state index contributed by atoms with van der Waals surface area (Å²) in [5.74, 6) is 0.00826. The maximum absolute atomic E-state index is 10.5. The molecule has 0 saturated heterocycles. The molecular weight excluding hydrogens is 258 g/mol. The van der Waals surface area contributed by atoms with E-state index in [0.717, 1.165) is 18.4 Å². The molecule has 0 spiro atoms. The first-order valence-electron chi connectivity index (χ1n) is 7.61. The molecule has 3 N–H and O–H groups in total. The van der Waals surface area contributed by atoms with E-state index in [4.69, 9.17) is 5.73 Å². The lowest BCUT2D eigenvalue weighted by Crippen LogP contribution is -2.26. The molecule has 0 aromatic heterocycles. The Kier molecular flexibility index (Phi) is 5.54. The van der Waals surface area contributed by atoms with E-state index in [-0.39, 0.29) is 5.92 Å². The molecule has 2 aromatic carbocycles. The standard InChI is InChI=1S/C19H25NO/c1-14-6-5-9-17(12-14)18(13-20)19(21)11-10-16-8-4-3-7-15(16)2/h3-9,12,18-19,21H,10-11,13,20H2,1-2H3. The summed E-state index contributed by atoms with van der Waals surface area (Å²) in [5.41, 5.74) is 10.8. The highest BCUT2D eigenvalue weighted by Gasteiger charge is 2.19. The number of hydrogen-bond donors (Lipinski definition) is 2. The van der Waals surface area contributed by atoms with Crippen molar-refractivity contribution in [3.05, 3.63) is 70.8 Å². The van der Waals surface area contributed by atoms with E-state index in [0.29, 0.717) is 6.54 Å². The summed E-state index contributed by atoms with van der Waals surface area (Å²) in [6, 6.07) is 16.6. The zero-order chi connectivity index (χ0) is 15.2. The van der Waals surface area contributed by atoms with Gasteiger partial charge >= 0.3 is 0 Å². The Balaban J connectivity index is 2.04. The Morgan fingerprint density at radius 2 is 1.81 bits per heavy atom. The third-order valence-electron chi connectivity index (χ3n) is 4.16. The van der Waals surface area contributed by atoms with Crippen molar-refractivity contribution in [2.45, 2.75) is 38.7 Å². The average Bonchev–Trinajstić information content (AvgIpc) is 2.47. The van der Waals surface area contributed by atoms with Gasteiger partial charge in [-0.15, -0.1) is 0 Å². The lowest BCUT2D eigenvalue weighted by atomic mass is 9.89. The monoisotopic (exact) mass is 283 g/mol. The average molecular weight is 283 g/mol. The van der Waals surface area contributed by atoms with Crippen LogP contribution in [0.2, 0.25) is 0 Å². The van der Waals surface area contributed by atoms with E-state index in [1.54, 1.807) is 0 Å². The number of nitrogens with two attached hydrogens (primary N) is 1. The Morgan fingerprint density at radius 3 is 2.48 bits per heavy atom. The maximum Gasteiger partial charge on any atom is 0.0624 e. The van der Waals surface area contributed by atoms with Crippen LogP contribution in [0.3, 0.4) is 0 Å². The van der Waals surface area contributed by atoms with E-state index >= 15 is 0 Å². The summed E-state index contributed by atoms with van der Waals surface area (Å²) in [6.45, 7) is 4.65. The second-order valence-corrected chi connectivity index (χ2v) is 5.79. The van der Waals surface area contributed by atoms with Gasteiger partial charge in [-0.1, -0.05) is 54.1 Å². The van der Waals surface area contributed by atoms with Crippen molar-refractivity contribution in [3.8, 4) is 0 Å². The molecule has 0 aliphatic carbocycles. The van der Waals surface area contributed by atoms with Gasteiger partial charge in [-0.05, 0) is 43.4 Å². The topological polar surface area (TPSA) is 46.2 Å². The van der Waals surface area contributed by atoms with Crippen LogP contribution in [-0.2, 0) is 6.42 Å². The molecule has 2 atom stereocenters. The molecule has 0 radical (unpaired) electrons. The van der Waals surface area contributed by atoms with E-state index < -0.39 is 6.10 Å². The maximum atomic E-state index is 10.5. The second-order valence-electron chi connectivity index (χ2n) is 5.79. The van der Waals surface area contributed by atoms with E-state index in [1.807, 2.05) is 12.1 Å². The molecule has 0 amide bonds. The van der Waals surface area contributed by atoms with Crippen molar-refractivity contribution < 1.29 is 5.11 Å². The van der Waals surface area contributed by atoms with Crippen LogP contribution in [0.4, 0.5) is 0 Å². The van der Waals surface area contributed by atoms with Crippen LogP contribution in [0, 0.1) is 13.8 Å². The molecule has 0 fully saturated rings. The molecule has 0 aliphatic rings. The Hall–Kier alpha value is -1.64. The van der Waals surface area contributed by atoms with Crippen LogP contribution >= 0.6 is 0 Å². The molecule has 2 unspecified atom stereocenters. The van der Waals surface area contributed by atoms with Crippen molar-refractivity contribution in [2.24, 2.45) is 5.73 Å². The number of benzene rings is 2. The zero-order valence-electron chi connectivity index (χ0n) is 12.9. The molecule has 2 heteroatoms. The third kappa shape index (κ3) is 4.16. The van der Waals surface area contributed by atoms with Crippen molar-refractivity contribution in [2.75, 3.05) is 6.54 Å². The van der Waals surface area contributed by atoms with Crippen LogP contribution in [0.1, 0.15) is 34.6 Å². The van der Waals surface area contributed by atoms with Crippen LogP contribution in [0.15, 0.2) is 48.5 Å². The van der Waals surface area contributed by atoms with Gasteiger partial charge in [-0.3, -0.25) is 0 Å². The highest BCUT2D eigenvalue weighted by Crippen LogP contribution is 2.23. The summed E-state index contributed by atoms with van der Waals surface area (Å²) in [6.07, 6.45) is 1.22. The first-order valence-corrected chi connectivity index (χ1v) is 7.61. The van der Waals surface area contributed by atoms with Gasteiger partial charge in [-0.2, -0.15) is 0 Å². The van der Waals surface area contributed by atoms with Crippen LogP contribution in [-0.4, -0.2) is 17.8 Å². The van der Waals surface area contributed by atoms with Gasteiger partial charge in [0.05, 0.1) is 6.10 Å². The van der Waals surface area contributed by atoms with Crippen LogP contribution < -0.4 is 5.73 Å². The molecule has 112 valence electrons. The van der Waals surface area contributed by atoms with Crippen molar-refractivity contribution in [1.29, 1.82) is 0 Å². The molecular formula is C19H25NO. The normalized spacial score (nSPS) is 13.9. The van der Waals surface area contributed by atoms with Gasteiger partial charge in [0.2, 0.25) is 0 Å². The Labute approximate surface area is 127 Å². The van der Waals surface area contributed by atoms with E-state index in [1.165, 1.54) is 16.7 Å². The van der Waals surface area contributed by atoms with Gasteiger partial charge in [0.15, 0.2) is 0 Å². The van der Waals surface area contributed by atoms with Crippen molar-refractivity contribution >= 4 is 0 Å². The Morgan fingerprint density at radius 1 is 1.05 bits per heavy atom. The molecule has 2 rings (SSSR count). The molecule has 21 heavy (non-hydrogen) atoms. The predicted molar refractivity (Wildman–Crippen MR) is 88.5 cm³/mol. The minimum Gasteiger partial charge on any atom is -0.392 e. The predicted octanol–water partition coefficient (Wildman–Crippen LogP) is 3.34. The summed E-state index contributed by atoms with van der Waals surface area (Å²) in [4.78, 5) is 0. The summed E-state index contributed by atoms with van der Waals surface area (Å²) in [7, 11) is 0. The van der Waals surface area contributed by atoms with Gasteiger partial charge in [-0.25, -0.2) is 0 Å². The quantitative estimate of drug-likeness (QED) is 0.854. The molecule has 0 saturated carbocycles. The van der Waals surface area contributed by atoms with E-state index in [9.17, 15) is 5.11 Å². The van der Waals surface area contributed by atoms with Gasteiger partial charge < -0.3 is 10.8 Å². The fourth-order valence-electron chi connectivity index (χ4n) is 2.81. The lowest BCUT2D eigenvalue weighted by molar-refractivity contribution is 0.136. The Bertz CT molecular complexity index is 579. The number of hydrogen-bond acceptors (Lipinski definition) is 2. The summed E-state index contributed by atoms with van der Waals surface area (Å²) < 4.78 is 0. The molecule has 2 aromatic rings. The number of aryl methyl sites for hydroxylation is 3. The number of aliphatic hydroxyl groups is 1. The minimum atomic E-state index is -0.406. The summed E-state index contributed by atoms with van der Waals surface area (Å²) in [5, 5.41) is 10.5. The first-order chi connectivity index (χ1) is 10.1. The largest absolute Gasteiger partial charge is 0.392 e. The van der Waals surface area contributed by atoms with Crippen molar-refractivity contribution in [1.82, 2.24) is 0 Å². The van der Waals surface area contributed by atoms with Gasteiger partial charge in [0.1, 0.15) is 0 Å². The minimum absolute atomic E-state index is 0.00826. The number of rotatable bonds is 6. The third-order valence-corrected chi connectivity index (χ3v) is 4.16. The zero-order valence-corrected chi connectivity index (χ0v) is 12.9. The summed E-state index contributed by atoms with van der Waals surface area (Å²) >= 11 is 0. The van der Waals surface area contributed by atoms with E-state index in [2.05, 4.69) is 50.2 Å². The highest BCUT2D eigenvalue weighted by molar-refractivity contribution is 5.28. The SMILES string of the molecule is Cc1cccc(C(CN)C(O)CCc2ccccc2C)c1. The van der Waals surface area contributed by atoms with Crippen LogP contribution in [0.25, 0.3) is 0 Å². The first kappa shape index (κ1) is 15.7. The highest BCUT2D eigenvalue weighted by atomic mass is 16.3. The van der Waals surface area contributed by atoms with Crippen LogP contribution in [0.5, 0.6) is 0 Å². The fraction of sp³-hybridized carbons (Fsp3) is 0.368. The molecule has 0 bridgehead atoms. The van der Waals surface area contributed by atoms with Crippen molar-refractivity contribution in [3.63, 3.8) is 0 Å². The lowest BCUT2D eigenvalue weighted by Gasteiger charge is -2.22. The second kappa shape index (κ2) is 7.39. The molecule has 2 nitrogen and oxygen atoms in total.